The molecule has 2 unspecified atom stereocenters. The van der Waals surface area contributed by atoms with Gasteiger partial charge in [0.25, 0.3) is 0 Å². The molecule has 1 fully saturated rings. The Labute approximate surface area is 120 Å². The highest BCUT2D eigenvalue weighted by atomic mass is 16.7. The summed E-state index contributed by atoms with van der Waals surface area (Å²) in [6.45, 7) is 2.70. The molecule has 0 spiro atoms. The highest BCUT2D eigenvalue weighted by Gasteiger charge is 2.23. The lowest BCUT2D eigenvalue weighted by molar-refractivity contribution is -0.202. The number of rotatable bonds is 6. The van der Waals surface area contributed by atoms with E-state index in [1.165, 1.54) is 12.5 Å². The normalized spacial score (nSPS) is 22.4. The van der Waals surface area contributed by atoms with E-state index in [1.54, 1.807) is 0 Å². The van der Waals surface area contributed by atoms with E-state index in [4.69, 9.17) is 14.2 Å². The van der Waals surface area contributed by atoms with Crippen molar-refractivity contribution in [3.8, 4) is 0 Å². The minimum Gasteiger partial charge on any atom is -0.436 e. The van der Waals surface area contributed by atoms with Crippen LogP contribution in [0.5, 0.6) is 0 Å². The van der Waals surface area contributed by atoms with Gasteiger partial charge in [-0.2, -0.15) is 0 Å². The Morgan fingerprint density at radius 2 is 2.10 bits per heavy atom. The quantitative estimate of drug-likeness (QED) is 0.592. The van der Waals surface area contributed by atoms with Crippen molar-refractivity contribution in [3.63, 3.8) is 0 Å². The lowest BCUT2D eigenvalue weighted by atomic mass is 10.1. The first kappa shape index (κ1) is 15.0. The molecule has 4 heteroatoms. The summed E-state index contributed by atoms with van der Waals surface area (Å²) in [5, 5.41) is 0. The van der Waals surface area contributed by atoms with Crippen LogP contribution in [0.1, 0.15) is 38.2 Å². The van der Waals surface area contributed by atoms with Gasteiger partial charge in [0.15, 0.2) is 0 Å². The summed E-state index contributed by atoms with van der Waals surface area (Å²) in [4.78, 5) is 10.9. The molecular formula is C16H22O4. The third-order valence-electron chi connectivity index (χ3n) is 3.30. The lowest BCUT2D eigenvalue weighted by Crippen LogP contribution is -2.31. The van der Waals surface area contributed by atoms with Crippen LogP contribution >= 0.6 is 0 Å². The van der Waals surface area contributed by atoms with Crippen LogP contribution in [0.3, 0.4) is 0 Å². The van der Waals surface area contributed by atoms with Crippen LogP contribution in [-0.2, 0) is 25.6 Å². The zero-order chi connectivity index (χ0) is 14.2. The van der Waals surface area contributed by atoms with Crippen LogP contribution in [0.2, 0.25) is 0 Å². The van der Waals surface area contributed by atoms with E-state index in [-0.39, 0.29) is 18.4 Å². The molecule has 1 aliphatic heterocycles. The fourth-order valence-electron chi connectivity index (χ4n) is 2.33. The van der Waals surface area contributed by atoms with Gasteiger partial charge in [0.05, 0.1) is 12.7 Å². The summed E-state index contributed by atoms with van der Waals surface area (Å²) < 4.78 is 16.5. The van der Waals surface area contributed by atoms with Crippen LogP contribution in [0.15, 0.2) is 30.3 Å². The third kappa shape index (κ3) is 5.31. The standard InChI is InChI=1S/C16H22O4/c1-13(17)19-16-9-5-8-15(20-16)10-11-18-12-14-6-3-2-4-7-14/h2-4,6-7,15-16H,5,8-12H2,1H3. The molecule has 2 rings (SSSR count). The molecule has 110 valence electrons. The maximum atomic E-state index is 10.9. The van der Waals surface area contributed by atoms with Crippen molar-refractivity contribution < 1.29 is 19.0 Å². The van der Waals surface area contributed by atoms with E-state index in [0.29, 0.717) is 13.2 Å². The smallest absolute Gasteiger partial charge is 0.304 e. The molecule has 1 saturated heterocycles. The predicted molar refractivity (Wildman–Crippen MR) is 75.0 cm³/mol. The Hall–Kier alpha value is -1.39. The van der Waals surface area contributed by atoms with Gasteiger partial charge in [-0.3, -0.25) is 4.79 Å². The van der Waals surface area contributed by atoms with Gasteiger partial charge in [-0.1, -0.05) is 30.3 Å². The molecule has 0 bridgehead atoms. The van der Waals surface area contributed by atoms with E-state index in [9.17, 15) is 4.79 Å². The van der Waals surface area contributed by atoms with E-state index < -0.39 is 0 Å². The van der Waals surface area contributed by atoms with Crippen LogP contribution in [0.25, 0.3) is 0 Å². The average molecular weight is 278 g/mol. The van der Waals surface area contributed by atoms with Crippen molar-refractivity contribution in [3.05, 3.63) is 35.9 Å². The number of benzene rings is 1. The predicted octanol–water partition coefficient (Wildman–Crippen LogP) is 3.05. The molecule has 1 aromatic carbocycles. The molecule has 1 aliphatic rings. The number of ether oxygens (including phenoxy) is 3. The number of carbonyl (C=O) groups excluding carboxylic acids is 1. The number of hydrogen-bond donors (Lipinski definition) is 0. The SMILES string of the molecule is CC(=O)OC1CCCC(CCOCc2ccccc2)O1. The molecular weight excluding hydrogens is 256 g/mol. The number of hydrogen-bond acceptors (Lipinski definition) is 4. The molecule has 2 atom stereocenters. The highest BCUT2D eigenvalue weighted by Crippen LogP contribution is 2.22. The number of carbonyl (C=O) groups is 1. The van der Waals surface area contributed by atoms with Crippen LogP contribution in [0, 0.1) is 0 Å². The Morgan fingerprint density at radius 3 is 2.85 bits per heavy atom. The fraction of sp³-hybridized carbons (Fsp3) is 0.562. The Balaban J connectivity index is 1.62. The lowest BCUT2D eigenvalue weighted by Gasteiger charge is -2.29. The summed E-state index contributed by atoms with van der Waals surface area (Å²) in [5.41, 5.74) is 1.18. The molecule has 1 heterocycles. The second kappa shape index (κ2) is 8.02. The van der Waals surface area contributed by atoms with Gasteiger partial charge in [-0.15, -0.1) is 0 Å². The van der Waals surface area contributed by atoms with Gasteiger partial charge in [0.2, 0.25) is 6.29 Å². The van der Waals surface area contributed by atoms with Gasteiger partial charge in [-0.05, 0) is 24.8 Å². The summed E-state index contributed by atoms with van der Waals surface area (Å²) >= 11 is 0. The van der Waals surface area contributed by atoms with Crippen molar-refractivity contribution in [2.45, 2.75) is 51.6 Å². The zero-order valence-electron chi connectivity index (χ0n) is 11.9. The second-order valence-electron chi connectivity index (χ2n) is 5.05. The molecule has 1 aromatic rings. The first-order valence-electron chi connectivity index (χ1n) is 7.18. The molecule has 0 amide bonds. The summed E-state index contributed by atoms with van der Waals surface area (Å²) in [6.07, 6.45) is 3.42. The average Bonchev–Trinajstić information content (AvgIpc) is 2.44. The van der Waals surface area contributed by atoms with Crippen molar-refractivity contribution in [1.82, 2.24) is 0 Å². The third-order valence-corrected chi connectivity index (χ3v) is 3.30. The fourth-order valence-corrected chi connectivity index (χ4v) is 2.33. The van der Waals surface area contributed by atoms with Crippen LogP contribution < -0.4 is 0 Å². The van der Waals surface area contributed by atoms with Crippen molar-refractivity contribution in [2.24, 2.45) is 0 Å². The molecule has 4 nitrogen and oxygen atoms in total. The van der Waals surface area contributed by atoms with E-state index in [0.717, 1.165) is 25.7 Å². The van der Waals surface area contributed by atoms with Gasteiger partial charge in [-0.25, -0.2) is 0 Å². The maximum absolute atomic E-state index is 10.9. The van der Waals surface area contributed by atoms with Gasteiger partial charge in [0.1, 0.15) is 0 Å². The molecule has 0 aromatic heterocycles. The summed E-state index contributed by atoms with van der Waals surface area (Å²) in [5.74, 6) is -0.282. The summed E-state index contributed by atoms with van der Waals surface area (Å²) in [7, 11) is 0. The number of esters is 1. The molecule has 0 saturated carbocycles. The van der Waals surface area contributed by atoms with Gasteiger partial charge < -0.3 is 14.2 Å². The molecule has 20 heavy (non-hydrogen) atoms. The van der Waals surface area contributed by atoms with Gasteiger partial charge >= 0.3 is 5.97 Å². The van der Waals surface area contributed by atoms with Crippen molar-refractivity contribution in [2.75, 3.05) is 6.61 Å². The largest absolute Gasteiger partial charge is 0.436 e. The summed E-state index contributed by atoms with van der Waals surface area (Å²) in [6, 6.07) is 10.1. The van der Waals surface area contributed by atoms with Crippen molar-refractivity contribution in [1.29, 1.82) is 0 Å². The minimum atomic E-state index is -0.375. The Morgan fingerprint density at radius 1 is 1.30 bits per heavy atom. The molecule has 0 N–H and O–H groups in total. The maximum Gasteiger partial charge on any atom is 0.304 e. The molecule has 0 radical (unpaired) electrons. The van der Waals surface area contributed by atoms with Crippen LogP contribution in [-0.4, -0.2) is 25.0 Å². The van der Waals surface area contributed by atoms with Gasteiger partial charge in [0, 0.05) is 20.0 Å². The first-order valence-corrected chi connectivity index (χ1v) is 7.18. The zero-order valence-corrected chi connectivity index (χ0v) is 11.9. The Bertz CT molecular complexity index is 404. The minimum absolute atomic E-state index is 0.129. The second-order valence-corrected chi connectivity index (χ2v) is 5.05. The van der Waals surface area contributed by atoms with E-state index in [2.05, 4.69) is 0 Å². The Kier molecular flexibility index (Phi) is 6.02. The topological polar surface area (TPSA) is 44.8 Å². The monoisotopic (exact) mass is 278 g/mol. The first-order chi connectivity index (χ1) is 9.74. The molecule has 0 aliphatic carbocycles. The highest BCUT2D eigenvalue weighted by molar-refractivity contribution is 5.66. The van der Waals surface area contributed by atoms with E-state index >= 15 is 0 Å². The van der Waals surface area contributed by atoms with Crippen molar-refractivity contribution >= 4 is 5.97 Å². The van der Waals surface area contributed by atoms with E-state index in [1.807, 2.05) is 30.3 Å². The van der Waals surface area contributed by atoms with Crippen LogP contribution in [0.4, 0.5) is 0 Å².